The van der Waals surface area contributed by atoms with Gasteiger partial charge in [-0.15, -0.1) is 0 Å². The van der Waals surface area contributed by atoms with Crippen molar-refractivity contribution in [2.75, 3.05) is 0 Å². The van der Waals surface area contributed by atoms with Crippen molar-refractivity contribution in [1.29, 1.82) is 0 Å². The second kappa shape index (κ2) is 2.23. The van der Waals surface area contributed by atoms with Crippen molar-refractivity contribution in [2.24, 2.45) is 5.41 Å². The van der Waals surface area contributed by atoms with Crippen molar-refractivity contribution in [3.63, 3.8) is 0 Å². The number of carboxylic acid groups (broad SMARTS) is 1. The molecule has 1 aliphatic rings. The van der Waals surface area contributed by atoms with Gasteiger partial charge in [-0.2, -0.15) is 4.39 Å². The van der Waals surface area contributed by atoms with Crippen molar-refractivity contribution in [3.05, 3.63) is 11.4 Å². The van der Waals surface area contributed by atoms with Gasteiger partial charge in [0.15, 0.2) is 5.29 Å². The first-order valence-corrected chi connectivity index (χ1v) is 3.22. The van der Waals surface area contributed by atoms with Gasteiger partial charge in [0.05, 0.1) is 5.41 Å². The molecule has 0 atom stereocenters. The summed E-state index contributed by atoms with van der Waals surface area (Å²) in [5, 5.41) is 7.55. The lowest BCUT2D eigenvalue weighted by atomic mass is 10.1. The number of rotatable bonds is 2. The molecule has 0 saturated heterocycles. The van der Waals surface area contributed by atoms with Gasteiger partial charge in [-0.25, -0.2) is 0 Å². The van der Waals surface area contributed by atoms with Crippen LogP contribution >= 0.6 is 11.6 Å². The fourth-order valence-electron chi connectivity index (χ4n) is 0.763. The molecular formula is C6H6ClFO2. The van der Waals surface area contributed by atoms with Crippen molar-refractivity contribution in [1.82, 2.24) is 0 Å². The van der Waals surface area contributed by atoms with Gasteiger partial charge in [0.25, 0.3) is 0 Å². The molecule has 2 nitrogen and oxygen atoms in total. The number of halogens is 2. The molecule has 0 aromatic rings. The normalized spacial score (nSPS) is 22.4. The minimum absolute atomic E-state index is 0.489. The fourth-order valence-corrected chi connectivity index (χ4v) is 0.972. The Balaban J connectivity index is 2.71. The molecule has 4 heteroatoms. The van der Waals surface area contributed by atoms with Crippen LogP contribution in [-0.4, -0.2) is 11.1 Å². The molecule has 0 amide bonds. The molecule has 1 fully saturated rings. The van der Waals surface area contributed by atoms with Crippen LogP contribution in [0.1, 0.15) is 12.8 Å². The van der Waals surface area contributed by atoms with Gasteiger partial charge >= 0.3 is 5.97 Å². The van der Waals surface area contributed by atoms with E-state index in [4.69, 9.17) is 16.7 Å². The lowest BCUT2D eigenvalue weighted by molar-refractivity contribution is -0.141. The second-order valence-electron chi connectivity index (χ2n) is 2.40. The number of hydrogen-bond donors (Lipinski definition) is 1. The maximum atomic E-state index is 12.0. The van der Waals surface area contributed by atoms with Crippen LogP contribution in [0.2, 0.25) is 0 Å². The average Bonchev–Trinajstić information content (AvgIpc) is 2.46. The number of hydrogen-bond acceptors (Lipinski definition) is 1. The summed E-state index contributed by atoms with van der Waals surface area (Å²) < 4.78 is 12.0. The van der Waals surface area contributed by atoms with E-state index in [0.29, 0.717) is 12.8 Å². The van der Waals surface area contributed by atoms with Crippen molar-refractivity contribution in [2.45, 2.75) is 12.8 Å². The smallest absolute Gasteiger partial charge is 0.313 e. The van der Waals surface area contributed by atoms with E-state index in [-0.39, 0.29) is 0 Å². The van der Waals surface area contributed by atoms with Crippen LogP contribution in [0.25, 0.3) is 0 Å². The van der Waals surface area contributed by atoms with Gasteiger partial charge in [0, 0.05) is 0 Å². The van der Waals surface area contributed by atoms with E-state index in [1.165, 1.54) is 0 Å². The molecule has 0 heterocycles. The molecule has 0 bridgehead atoms. The van der Waals surface area contributed by atoms with Crippen LogP contribution in [0.5, 0.6) is 0 Å². The molecular weight excluding hydrogens is 159 g/mol. The Hall–Kier alpha value is -0.570. The van der Waals surface area contributed by atoms with Gasteiger partial charge in [-0.05, 0) is 18.9 Å². The van der Waals surface area contributed by atoms with E-state index in [0.717, 1.165) is 6.08 Å². The maximum absolute atomic E-state index is 12.0. The van der Waals surface area contributed by atoms with E-state index >= 15 is 0 Å². The number of carboxylic acids is 1. The Morgan fingerprint density at radius 1 is 1.70 bits per heavy atom. The molecule has 0 aromatic carbocycles. The van der Waals surface area contributed by atoms with Crippen molar-refractivity contribution < 1.29 is 14.3 Å². The maximum Gasteiger partial charge on any atom is 0.313 e. The Labute approximate surface area is 62.3 Å². The van der Waals surface area contributed by atoms with Gasteiger partial charge in [-0.1, -0.05) is 11.6 Å². The summed E-state index contributed by atoms with van der Waals surface area (Å²) in [6.45, 7) is 0. The first-order valence-electron chi connectivity index (χ1n) is 2.84. The summed E-state index contributed by atoms with van der Waals surface area (Å²) in [6, 6.07) is 0. The zero-order valence-corrected chi connectivity index (χ0v) is 5.86. The predicted octanol–water partition coefficient (Wildman–Crippen LogP) is 1.90. The second-order valence-corrected chi connectivity index (χ2v) is 2.76. The lowest BCUT2D eigenvalue weighted by Crippen LogP contribution is -2.11. The lowest BCUT2D eigenvalue weighted by Gasteiger charge is -1.99. The van der Waals surface area contributed by atoms with E-state index < -0.39 is 16.7 Å². The van der Waals surface area contributed by atoms with E-state index in [1.54, 1.807) is 0 Å². The summed E-state index contributed by atoms with van der Waals surface area (Å²) in [6.07, 6.45) is 1.93. The molecule has 1 aliphatic carbocycles. The van der Waals surface area contributed by atoms with Gasteiger partial charge < -0.3 is 5.11 Å². The summed E-state index contributed by atoms with van der Waals surface area (Å²) >= 11 is 4.88. The third-order valence-corrected chi connectivity index (χ3v) is 1.71. The van der Waals surface area contributed by atoms with E-state index in [2.05, 4.69) is 0 Å². The summed E-state index contributed by atoms with van der Waals surface area (Å²) in [5.41, 5.74) is -0.980. The zero-order valence-electron chi connectivity index (χ0n) is 5.10. The Kier molecular flexibility index (Phi) is 1.68. The molecule has 0 unspecified atom stereocenters. The van der Waals surface area contributed by atoms with Crippen LogP contribution in [0.3, 0.4) is 0 Å². The first kappa shape index (κ1) is 7.54. The zero-order chi connectivity index (χ0) is 7.78. The third-order valence-electron chi connectivity index (χ3n) is 1.60. The Bertz CT molecular complexity index is 192. The van der Waals surface area contributed by atoms with Crippen LogP contribution in [0, 0.1) is 5.41 Å². The standard InChI is InChI=1S/C6H6ClFO2/c7-4(8)3-6(1-2-6)5(9)10/h3H,1-2H2,(H,9,10). The number of carbonyl (C=O) groups is 1. The molecule has 1 rings (SSSR count). The van der Waals surface area contributed by atoms with Gasteiger partial charge in [0.2, 0.25) is 0 Å². The highest BCUT2D eigenvalue weighted by molar-refractivity contribution is 6.28. The highest BCUT2D eigenvalue weighted by atomic mass is 35.5. The molecule has 56 valence electrons. The monoisotopic (exact) mass is 164 g/mol. The molecule has 0 radical (unpaired) electrons. The molecule has 1 saturated carbocycles. The average molecular weight is 165 g/mol. The van der Waals surface area contributed by atoms with Crippen molar-refractivity contribution >= 4 is 17.6 Å². The highest BCUT2D eigenvalue weighted by Gasteiger charge is 2.48. The molecule has 0 aliphatic heterocycles. The minimum Gasteiger partial charge on any atom is -0.481 e. The third kappa shape index (κ3) is 1.29. The minimum atomic E-state index is -0.997. The first-order chi connectivity index (χ1) is 4.57. The van der Waals surface area contributed by atoms with E-state index in [1.807, 2.05) is 0 Å². The number of aliphatic carboxylic acids is 1. The summed E-state index contributed by atoms with van der Waals surface area (Å²) in [5.74, 6) is -0.997. The predicted molar refractivity (Wildman–Crippen MR) is 34.3 cm³/mol. The van der Waals surface area contributed by atoms with Crippen LogP contribution < -0.4 is 0 Å². The molecule has 0 spiro atoms. The van der Waals surface area contributed by atoms with Crippen LogP contribution in [0.4, 0.5) is 4.39 Å². The molecule has 10 heavy (non-hydrogen) atoms. The largest absolute Gasteiger partial charge is 0.481 e. The van der Waals surface area contributed by atoms with Gasteiger partial charge in [0.1, 0.15) is 0 Å². The van der Waals surface area contributed by atoms with Gasteiger partial charge in [-0.3, -0.25) is 4.79 Å². The van der Waals surface area contributed by atoms with Crippen LogP contribution in [-0.2, 0) is 4.79 Å². The van der Waals surface area contributed by atoms with Crippen LogP contribution in [0.15, 0.2) is 11.4 Å². The fraction of sp³-hybridized carbons (Fsp3) is 0.500. The highest BCUT2D eigenvalue weighted by Crippen LogP contribution is 2.48. The SMILES string of the molecule is O=C(O)C1(C=C(F)Cl)CC1. The topological polar surface area (TPSA) is 37.3 Å². The quantitative estimate of drug-likeness (QED) is 0.677. The molecule has 1 N–H and O–H groups in total. The van der Waals surface area contributed by atoms with Crippen molar-refractivity contribution in [3.8, 4) is 0 Å². The summed E-state index contributed by atoms with van der Waals surface area (Å²) in [4.78, 5) is 10.3. The Morgan fingerprint density at radius 2 is 2.20 bits per heavy atom. The van der Waals surface area contributed by atoms with E-state index in [9.17, 15) is 9.18 Å². The summed E-state index contributed by atoms with van der Waals surface area (Å²) in [7, 11) is 0. The Morgan fingerprint density at radius 3 is 2.30 bits per heavy atom. The molecule has 0 aromatic heterocycles.